The van der Waals surface area contributed by atoms with Crippen molar-refractivity contribution in [2.45, 2.75) is 19.5 Å². The summed E-state index contributed by atoms with van der Waals surface area (Å²) in [7, 11) is 1.36. The number of methoxy groups -OCH3 is 1. The minimum atomic E-state index is -4.48. The van der Waals surface area contributed by atoms with E-state index in [0.717, 1.165) is 24.8 Å². The van der Waals surface area contributed by atoms with Crippen molar-refractivity contribution < 1.29 is 27.6 Å². The molecule has 28 heavy (non-hydrogen) atoms. The Morgan fingerprint density at radius 2 is 2.00 bits per heavy atom. The summed E-state index contributed by atoms with van der Waals surface area (Å²) in [6, 6.07) is 7.04. The van der Waals surface area contributed by atoms with Crippen molar-refractivity contribution in [2.24, 2.45) is 5.10 Å². The molecule has 0 amide bonds. The van der Waals surface area contributed by atoms with Crippen LogP contribution in [0, 0.1) is 10.1 Å². The van der Waals surface area contributed by atoms with Crippen molar-refractivity contribution in [1.82, 2.24) is 0 Å². The molecule has 7 nitrogen and oxygen atoms in total. The molecule has 10 heteroatoms. The Kier molecular flexibility index (Phi) is 6.80. The van der Waals surface area contributed by atoms with Crippen LogP contribution in [-0.2, 0) is 6.18 Å². The van der Waals surface area contributed by atoms with Crippen molar-refractivity contribution in [1.29, 1.82) is 0 Å². The minimum Gasteiger partial charge on any atom is -0.493 e. The topological polar surface area (TPSA) is 86.0 Å². The number of hydrogen-bond donors (Lipinski definition) is 1. The molecular weight excluding hydrogens is 379 g/mol. The number of ether oxygens (including phenoxy) is 2. The van der Waals surface area contributed by atoms with Gasteiger partial charge in [-0.05, 0) is 30.7 Å². The molecule has 0 bridgehead atoms. The van der Waals surface area contributed by atoms with Gasteiger partial charge >= 0.3 is 6.18 Å². The van der Waals surface area contributed by atoms with Crippen molar-refractivity contribution in [3.05, 3.63) is 57.6 Å². The third kappa shape index (κ3) is 5.35. The van der Waals surface area contributed by atoms with Gasteiger partial charge in [0.2, 0.25) is 0 Å². The van der Waals surface area contributed by atoms with Gasteiger partial charge in [-0.2, -0.15) is 18.3 Å². The summed E-state index contributed by atoms with van der Waals surface area (Å²) in [4.78, 5) is 10.7. The number of anilines is 1. The summed E-state index contributed by atoms with van der Waals surface area (Å²) < 4.78 is 48.9. The molecule has 150 valence electrons. The lowest BCUT2D eigenvalue weighted by atomic mass is 10.1. The maximum Gasteiger partial charge on any atom is 0.416 e. The number of nitro benzene ring substituents is 1. The van der Waals surface area contributed by atoms with Gasteiger partial charge in [0.1, 0.15) is 0 Å². The van der Waals surface area contributed by atoms with E-state index in [2.05, 4.69) is 10.5 Å². The molecule has 1 N–H and O–H groups in total. The van der Waals surface area contributed by atoms with Gasteiger partial charge < -0.3 is 9.47 Å². The Bertz CT molecular complexity index is 870. The SMILES string of the molecule is CCCOc1cc(C=NNc2cccc(C(F)(F)F)c2)c([N+](=O)[O-])cc1OC. The first kappa shape index (κ1) is 21.0. The lowest BCUT2D eigenvalue weighted by molar-refractivity contribution is -0.385. The molecule has 2 aromatic rings. The largest absolute Gasteiger partial charge is 0.493 e. The average molecular weight is 397 g/mol. The van der Waals surface area contributed by atoms with Crippen LogP contribution < -0.4 is 14.9 Å². The molecule has 0 saturated carbocycles. The Labute approximate surface area is 158 Å². The van der Waals surface area contributed by atoms with E-state index in [-0.39, 0.29) is 22.7 Å². The van der Waals surface area contributed by atoms with Crippen LogP contribution in [-0.4, -0.2) is 24.9 Å². The number of rotatable bonds is 8. The summed E-state index contributed by atoms with van der Waals surface area (Å²) in [6.07, 6.45) is -2.63. The van der Waals surface area contributed by atoms with Gasteiger partial charge in [-0.15, -0.1) is 0 Å². The van der Waals surface area contributed by atoms with Crippen LogP contribution in [0.3, 0.4) is 0 Å². The number of hydrazone groups is 1. The summed E-state index contributed by atoms with van der Waals surface area (Å²) in [5.74, 6) is 0.499. The number of nitrogens with one attached hydrogen (secondary N) is 1. The molecule has 0 atom stereocenters. The fourth-order valence-corrected chi connectivity index (χ4v) is 2.25. The standard InChI is InChI=1S/C18H18F3N3O4/c1-3-7-28-17-8-12(15(24(25)26)10-16(17)27-2)11-22-23-14-6-4-5-13(9-14)18(19,20)21/h4-6,8-11,23H,3,7H2,1-2H3. The average Bonchev–Trinajstić information content (AvgIpc) is 2.65. The lowest BCUT2D eigenvalue weighted by Crippen LogP contribution is -2.05. The van der Waals surface area contributed by atoms with E-state index >= 15 is 0 Å². The zero-order valence-electron chi connectivity index (χ0n) is 15.1. The second-order valence-corrected chi connectivity index (χ2v) is 5.62. The number of hydrogen-bond acceptors (Lipinski definition) is 6. The van der Waals surface area contributed by atoms with Gasteiger partial charge in [0.05, 0.1) is 47.7 Å². The molecule has 0 radical (unpaired) electrons. The quantitative estimate of drug-likeness (QED) is 0.391. The van der Waals surface area contributed by atoms with Crippen molar-refractivity contribution in [3.8, 4) is 11.5 Å². The minimum absolute atomic E-state index is 0.0877. The molecule has 2 aromatic carbocycles. The van der Waals surface area contributed by atoms with E-state index in [0.29, 0.717) is 12.4 Å². The molecule has 0 unspecified atom stereocenters. The third-order valence-electron chi connectivity index (χ3n) is 3.56. The molecule has 0 fully saturated rings. The van der Waals surface area contributed by atoms with Gasteiger partial charge in [0.15, 0.2) is 11.5 Å². The predicted molar refractivity (Wildman–Crippen MR) is 98.1 cm³/mol. The number of nitrogens with zero attached hydrogens (tertiary/aromatic N) is 2. The monoisotopic (exact) mass is 397 g/mol. The number of alkyl halides is 3. The molecule has 0 saturated heterocycles. The van der Waals surface area contributed by atoms with E-state index in [1.807, 2.05) is 6.92 Å². The van der Waals surface area contributed by atoms with E-state index < -0.39 is 16.7 Å². The lowest BCUT2D eigenvalue weighted by Gasteiger charge is -2.11. The van der Waals surface area contributed by atoms with Crippen LogP contribution >= 0.6 is 0 Å². The highest BCUT2D eigenvalue weighted by Crippen LogP contribution is 2.34. The van der Waals surface area contributed by atoms with Crippen molar-refractivity contribution in [2.75, 3.05) is 19.1 Å². The number of nitro groups is 1. The number of benzene rings is 2. The highest BCUT2D eigenvalue weighted by Gasteiger charge is 2.30. The molecule has 0 aliphatic heterocycles. The van der Waals surface area contributed by atoms with Crippen LogP contribution in [0.15, 0.2) is 41.5 Å². The van der Waals surface area contributed by atoms with Crippen LogP contribution in [0.1, 0.15) is 24.5 Å². The predicted octanol–water partition coefficient (Wildman–Crippen LogP) is 4.86. The summed E-state index contributed by atoms with van der Waals surface area (Å²) >= 11 is 0. The second-order valence-electron chi connectivity index (χ2n) is 5.62. The van der Waals surface area contributed by atoms with Crippen LogP contribution in [0.25, 0.3) is 0 Å². The van der Waals surface area contributed by atoms with Crippen LogP contribution in [0.5, 0.6) is 11.5 Å². The highest BCUT2D eigenvalue weighted by atomic mass is 19.4. The van der Waals surface area contributed by atoms with Crippen molar-refractivity contribution in [3.63, 3.8) is 0 Å². The van der Waals surface area contributed by atoms with Crippen molar-refractivity contribution >= 4 is 17.6 Å². The molecule has 0 spiro atoms. The van der Waals surface area contributed by atoms with Gasteiger partial charge in [0, 0.05) is 0 Å². The number of halogens is 3. The Morgan fingerprint density at radius 3 is 2.61 bits per heavy atom. The zero-order chi connectivity index (χ0) is 20.7. The fraction of sp³-hybridized carbons (Fsp3) is 0.278. The first-order valence-electron chi connectivity index (χ1n) is 8.21. The van der Waals surface area contributed by atoms with Crippen LogP contribution in [0.2, 0.25) is 0 Å². The summed E-state index contributed by atoms with van der Waals surface area (Å²) in [5.41, 5.74) is 1.52. The Hall–Kier alpha value is -3.30. The maximum absolute atomic E-state index is 12.7. The zero-order valence-corrected chi connectivity index (χ0v) is 15.1. The molecule has 0 aromatic heterocycles. The molecule has 0 aliphatic carbocycles. The smallest absolute Gasteiger partial charge is 0.416 e. The summed E-state index contributed by atoms with van der Waals surface area (Å²) in [6.45, 7) is 2.28. The van der Waals surface area contributed by atoms with Gasteiger partial charge in [0.25, 0.3) is 5.69 Å². The van der Waals surface area contributed by atoms with Crippen LogP contribution in [0.4, 0.5) is 24.5 Å². The molecule has 0 aliphatic rings. The first-order chi connectivity index (χ1) is 13.3. The molecule has 0 heterocycles. The summed E-state index contributed by atoms with van der Waals surface area (Å²) in [5, 5.41) is 15.1. The van der Waals surface area contributed by atoms with Gasteiger partial charge in [-0.3, -0.25) is 15.5 Å². The van der Waals surface area contributed by atoms with E-state index in [1.54, 1.807) is 0 Å². The fourth-order valence-electron chi connectivity index (χ4n) is 2.25. The highest BCUT2D eigenvalue weighted by molar-refractivity contribution is 5.87. The van der Waals surface area contributed by atoms with E-state index in [4.69, 9.17) is 9.47 Å². The maximum atomic E-state index is 12.7. The Balaban J connectivity index is 2.29. The normalized spacial score (nSPS) is 11.5. The van der Waals surface area contributed by atoms with E-state index in [1.165, 1.54) is 31.4 Å². The Morgan fingerprint density at radius 1 is 1.25 bits per heavy atom. The third-order valence-corrected chi connectivity index (χ3v) is 3.56. The molecule has 2 rings (SSSR count). The molecular formula is C18H18F3N3O4. The van der Waals surface area contributed by atoms with Gasteiger partial charge in [-0.1, -0.05) is 13.0 Å². The van der Waals surface area contributed by atoms with Gasteiger partial charge in [-0.25, -0.2) is 0 Å². The second kappa shape index (κ2) is 9.07. The first-order valence-corrected chi connectivity index (χ1v) is 8.21. The van der Waals surface area contributed by atoms with E-state index in [9.17, 15) is 23.3 Å².